The Hall–Kier alpha value is 0.794. The molecule has 0 atom stereocenters. The summed E-state index contributed by atoms with van der Waals surface area (Å²) >= 11 is 0. The van der Waals surface area contributed by atoms with E-state index in [-0.39, 0.29) is 59.2 Å². The Kier molecular flexibility index (Phi) is 10.6. The summed E-state index contributed by atoms with van der Waals surface area (Å²) in [5.41, 5.74) is -0.324. The molecule has 2 N–H and O–H groups in total. The Morgan fingerprint density at radius 1 is 1.25 bits per heavy atom. The van der Waals surface area contributed by atoms with E-state index in [0.717, 1.165) is 0 Å². The minimum Gasteiger partial charge on any atom is -0.396 e. The first kappa shape index (κ1) is 19.1. The van der Waals surface area contributed by atoms with Crippen molar-refractivity contribution in [2.24, 2.45) is 17.3 Å². The molecule has 0 spiro atoms. The van der Waals surface area contributed by atoms with Crippen LogP contribution in [0.5, 0.6) is 0 Å². The standard InChI is InChI=1S/C12H25NO2.Pr/c1-9(2)12(5,10(3)4)11(15)13-7-6-8-14;/h9-10,14H,6-8H2,1-5H3,(H,13,15);. The number of aliphatic hydroxyl groups excluding tert-OH is 1. The van der Waals surface area contributed by atoms with Crippen LogP contribution in [0.3, 0.4) is 0 Å². The van der Waals surface area contributed by atoms with Gasteiger partial charge in [-0.15, -0.1) is 0 Å². The number of aliphatic hydroxyl groups is 1. The Morgan fingerprint density at radius 2 is 1.69 bits per heavy atom. The van der Waals surface area contributed by atoms with E-state index in [1.54, 1.807) is 0 Å². The molecular formula is C12H25NO2Pr. The van der Waals surface area contributed by atoms with E-state index in [2.05, 4.69) is 33.0 Å². The van der Waals surface area contributed by atoms with Crippen molar-refractivity contribution in [2.75, 3.05) is 13.2 Å². The summed E-state index contributed by atoms with van der Waals surface area (Å²) in [6.07, 6.45) is 0.623. The number of nitrogens with one attached hydrogen (secondary N) is 1. The Morgan fingerprint density at radius 3 is 2.00 bits per heavy atom. The van der Waals surface area contributed by atoms with Crippen molar-refractivity contribution in [3.8, 4) is 0 Å². The maximum absolute atomic E-state index is 12.0. The molecule has 1 radical (unpaired) electrons. The summed E-state index contributed by atoms with van der Waals surface area (Å²) in [4.78, 5) is 12.0. The topological polar surface area (TPSA) is 49.3 Å². The van der Waals surface area contributed by atoms with Gasteiger partial charge in [-0.2, -0.15) is 0 Å². The first-order valence-electron chi connectivity index (χ1n) is 5.76. The quantitative estimate of drug-likeness (QED) is 0.713. The minimum absolute atomic E-state index is 0. The number of carbonyl (C=O) groups excluding carboxylic acids is 1. The van der Waals surface area contributed by atoms with Gasteiger partial charge in [0.1, 0.15) is 0 Å². The molecule has 1 amide bonds. The van der Waals surface area contributed by atoms with E-state index in [9.17, 15) is 4.79 Å². The fraction of sp³-hybridized carbons (Fsp3) is 0.917. The van der Waals surface area contributed by atoms with Crippen LogP contribution in [0.15, 0.2) is 0 Å². The van der Waals surface area contributed by atoms with Crippen LogP contribution in [-0.4, -0.2) is 24.2 Å². The van der Waals surface area contributed by atoms with E-state index in [1.165, 1.54) is 0 Å². The zero-order chi connectivity index (χ0) is 12.1. The summed E-state index contributed by atoms with van der Waals surface area (Å²) in [6.45, 7) is 11.0. The second-order valence-corrected chi connectivity index (χ2v) is 4.93. The molecule has 16 heavy (non-hydrogen) atoms. The normalized spacial score (nSPS) is 11.5. The largest absolute Gasteiger partial charge is 0.396 e. The Balaban J connectivity index is 0. The molecule has 4 heteroatoms. The fourth-order valence-corrected chi connectivity index (χ4v) is 1.66. The van der Waals surface area contributed by atoms with E-state index in [4.69, 9.17) is 5.11 Å². The summed E-state index contributed by atoms with van der Waals surface area (Å²) in [7, 11) is 0. The molecule has 0 bridgehead atoms. The summed E-state index contributed by atoms with van der Waals surface area (Å²) in [5, 5.41) is 11.5. The maximum Gasteiger partial charge on any atom is 0.226 e. The summed E-state index contributed by atoms with van der Waals surface area (Å²) in [6, 6.07) is 0. The van der Waals surface area contributed by atoms with Crippen LogP contribution >= 0.6 is 0 Å². The van der Waals surface area contributed by atoms with Crippen molar-refractivity contribution in [3.05, 3.63) is 0 Å². The van der Waals surface area contributed by atoms with Gasteiger partial charge in [0.2, 0.25) is 5.91 Å². The van der Waals surface area contributed by atoms with Gasteiger partial charge in [-0.3, -0.25) is 4.79 Å². The van der Waals surface area contributed by atoms with E-state index < -0.39 is 0 Å². The zero-order valence-electron chi connectivity index (χ0n) is 11.2. The predicted molar refractivity (Wildman–Crippen MR) is 62.5 cm³/mol. The molecule has 0 rings (SSSR count). The van der Waals surface area contributed by atoms with Crippen molar-refractivity contribution in [2.45, 2.75) is 41.0 Å². The molecule has 0 aromatic carbocycles. The van der Waals surface area contributed by atoms with Crippen LogP contribution in [0, 0.1) is 58.5 Å². The molecule has 0 fully saturated rings. The van der Waals surface area contributed by atoms with E-state index in [0.29, 0.717) is 24.8 Å². The number of hydrogen-bond acceptors (Lipinski definition) is 2. The van der Waals surface area contributed by atoms with Crippen LogP contribution in [0.1, 0.15) is 41.0 Å². The molecule has 0 aliphatic heterocycles. The average molecular weight is 356 g/mol. The van der Waals surface area contributed by atoms with Gasteiger partial charge in [-0.25, -0.2) is 0 Å². The first-order valence-corrected chi connectivity index (χ1v) is 5.76. The molecule has 0 saturated carbocycles. The molecule has 0 saturated heterocycles. The van der Waals surface area contributed by atoms with E-state index >= 15 is 0 Å². The fourth-order valence-electron chi connectivity index (χ4n) is 1.66. The van der Waals surface area contributed by atoms with Gasteiger partial charge in [-0.1, -0.05) is 34.6 Å². The van der Waals surface area contributed by atoms with Crippen LogP contribution in [0.2, 0.25) is 0 Å². The van der Waals surface area contributed by atoms with Gasteiger partial charge in [0.15, 0.2) is 0 Å². The van der Waals surface area contributed by atoms with Gasteiger partial charge >= 0.3 is 0 Å². The number of hydrogen-bond donors (Lipinski definition) is 2. The van der Waals surface area contributed by atoms with Crippen LogP contribution in [0.25, 0.3) is 0 Å². The second kappa shape index (κ2) is 8.82. The number of amides is 1. The van der Waals surface area contributed by atoms with Gasteiger partial charge < -0.3 is 10.4 Å². The van der Waals surface area contributed by atoms with Crippen molar-refractivity contribution in [1.82, 2.24) is 5.32 Å². The SMILES string of the molecule is CC(C)C(C)(C(=O)NCCCO)C(C)C.[Pr]. The van der Waals surface area contributed by atoms with Gasteiger partial charge in [0.25, 0.3) is 0 Å². The average Bonchev–Trinajstić information content (AvgIpc) is 2.15. The van der Waals surface area contributed by atoms with Gasteiger partial charge in [-0.05, 0) is 18.3 Å². The molecule has 0 aromatic rings. The molecule has 0 heterocycles. The molecule has 0 aromatic heterocycles. The van der Waals surface area contributed by atoms with Crippen LogP contribution in [-0.2, 0) is 4.79 Å². The molecule has 0 unspecified atom stereocenters. The summed E-state index contributed by atoms with van der Waals surface area (Å²) < 4.78 is 0. The van der Waals surface area contributed by atoms with Gasteiger partial charge in [0, 0.05) is 54.4 Å². The summed E-state index contributed by atoms with van der Waals surface area (Å²) in [5.74, 6) is 0.721. The minimum atomic E-state index is -0.324. The Labute approximate surface area is 133 Å². The molecule has 3 nitrogen and oxygen atoms in total. The van der Waals surface area contributed by atoms with Crippen LogP contribution < -0.4 is 5.32 Å². The number of carbonyl (C=O) groups is 1. The first-order chi connectivity index (χ1) is 6.87. The van der Waals surface area contributed by atoms with E-state index in [1.807, 2.05) is 6.92 Å². The third kappa shape index (κ3) is 4.97. The van der Waals surface area contributed by atoms with Gasteiger partial charge in [0.05, 0.1) is 5.41 Å². The molecule has 0 aliphatic rings. The number of rotatable bonds is 6. The molecule has 0 aliphatic carbocycles. The molecule has 93 valence electrons. The van der Waals surface area contributed by atoms with Crippen LogP contribution in [0.4, 0.5) is 0 Å². The monoisotopic (exact) mass is 356 g/mol. The maximum atomic E-state index is 12.0. The van der Waals surface area contributed by atoms with Crippen molar-refractivity contribution in [3.63, 3.8) is 0 Å². The predicted octanol–water partition coefficient (Wildman–Crippen LogP) is 1.80. The second-order valence-electron chi connectivity index (χ2n) is 4.93. The Bertz CT molecular complexity index is 197. The van der Waals surface area contributed by atoms with Crippen molar-refractivity contribution >= 4 is 5.91 Å². The zero-order valence-corrected chi connectivity index (χ0v) is 14.9. The third-order valence-electron chi connectivity index (χ3n) is 3.51. The third-order valence-corrected chi connectivity index (χ3v) is 3.51. The smallest absolute Gasteiger partial charge is 0.226 e. The molecular weight excluding hydrogens is 331 g/mol. The van der Waals surface area contributed by atoms with Crippen molar-refractivity contribution in [1.29, 1.82) is 0 Å². The van der Waals surface area contributed by atoms with Crippen molar-refractivity contribution < 1.29 is 51.2 Å².